The second-order valence-electron chi connectivity index (χ2n) is 6.71. The number of benzene rings is 2. The molecule has 2 aromatic carbocycles. The van der Waals surface area contributed by atoms with Crippen LogP contribution >= 0.6 is 0 Å². The second-order valence-corrected chi connectivity index (χ2v) is 8.61. The van der Waals surface area contributed by atoms with Crippen LogP contribution in [0.3, 0.4) is 0 Å². The van der Waals surface area contributed by atoms with Crippen LogP contribution in [0.1, 0.15) is 0 Å². The first kappa shape index (κ1) is 19.0. The van der Waals surface area contributed by atoms with Crippen molar-refractivity contribution in [3.05, 3.63) is 91.1 Å². The van der Waals surface area contributed by atoms with Crippen LogP contribution in [0, 0.1) is 5.82 Å². The van der Waals surface area contributed by atoms with E-state index in [1.165, 1.54) is 30.3 Å². The van der Waals surface area contributed by atoms with E-state index in [4.69, 9.17) is 0 Å². The lowest BCUT2D eigenvalue weighted by atomic mass is 10.0. The SMILES string of the molecule is O=S(=O)(c1ccccc1)c1ccc(-c2c(-c3ccc(F)cc3)nn3ccncc23)nn1. The van der Waals surface area contributed by atoms with Crippen molar-refractivity contribution in [2.24, 2.45) is 0 Å². The molecule has 3 aromatic heterocycles. The molecule has 0 aliphatic carbocycles. The molecule has 5 rings (SSSR count). The lowest BCUT2D eigenvalue weighted by Crippen LogP contribution is -2.05. The van der Waals surface area contributed by atoms with E-state index >= 15 is 0 Å². The summed E-state index contributed by atoms with van der Waals surface area (Å²) >= 11 is 0. The lowest BCUT2D eigenvalue weighted by Gasteiger charge is -2.05. The summed E-state index contributed by atoms with van der Waals surface area (Å²) < 4.78 is 40.6. The molecule has 7 nitrogen and oxygen atoms in total. The molecule has 0 atom stereocenters. The topological polar surface area (TPSA) is 90.1 Å². The molecule has 0 saturated heterocycles. The average Bonchev–Trinajstić information content (AvgIpc) is 3.20. The van der Waals surface area contributed by atoms with Crippen LogP contribution in [0.15, 0.2) is 95.2 Å². The number of rotatable bonds is 4. The first-order chi connectivity index (χ1) is 15.0. The highest BCUT2D eigenvalue weighted by Crippen LogP contribution is 2.34. The number of hydrogen-bond donors (Lipinski definition) is 0. The Bertz CT molecular complexity index is 1480. The normalized spacial score (nSPS) is 11.6. The molecule has 31 heavy (non-hydrogen) atoms. The van der Waals surface area contributed by atoms with Gasteiger partial charge in [-0.15, -0.1) is 10.2 Å². The summed E-state index contributed by atoms with van der Waals surface area (Å²) in [7, 11) is -3.78. The van der Waals surface area contributed by atoms with E-state index in [1.807, 2.05) is 0 Å². The van der Waals surface area contributed by atoms with Gasteiger partial charge >= 0.3 is 0 Å². The fourth-order valence-corrected chi connectivity index (χ4v) is 4.43. The Hall–Kier alpha value is -3.98. The van der Waals surface area contributed by atoms with Gasteiger partial charge in [0.05, 0.1) is 27.9 Å². The molecule has 0 bridgehead atoms. The van der Waals surface area contributed by atoms with E-state index in [2.05, 4.69) is 20.3 Å². The zero-order valence-corrected chi connectivity index (χ0v) is 16.7. The predicted octanol–water partition coefficient (Wildman–Crippen LogP) is 3.83. The van der Waals surface area contributed by atoms with Crippen LogP contribution in [0.5, 0.6) is 0 Å². The molecule has 0 saturated carbocycles. The van der Waals surface area contributed by atoms with Gasteiger partial charge < -0.3 is 0 Å². The van der Waals surface area contributed by atoms with Gasteiger partial charge in [0.1, 0.15) is 11.5 Å². The van der Waals surface area contributed by atoms with Crippen LogP contribution in [0.4, 0.5) is 4.39 Å². The van der Waals surface area contributed by atoms with Crippen molar-refractivity contribution in [1.29, 1.82) is 0 Å². The van der Waals surface area contributed by atoms with Gasteiger partial charge in [-0.3, -0.25) is 4.98 Å². The highest BCUT2D eigenvalue weighted by molar-refractivity contribution is 7.91. The van der Waals surface area contributed by atoms with Crippen molar-refractivity contribution in [3.63, 3.8) is 0 Å². The molecule has 0 fully saturated rings. The molecule has 0 N–H and O–H groups in total. The van der Waals surface area contributed by atoms with Crippen LogP contribution < -0.4 is 0 Å². The van der Waals surface area contributed by atoms with E-state index in [-0.39, 0.29) is 15.7 Å². The Morgan fingerprint density at radius 1 is 0.871 bits per heavy atom. The van der Waals surface area contributed by atoms with E-state index in [1.54, 1.807) is 59.5 Å². The average molecular weight is 431 g/mol. The van der Waals surface area contributed by atoms with Crippen LogP contribution in [-0.2, 0) is 9.84 Å². The van der Waals surface area contributed by atoms with Crippen molar-refractivity contribution in [2.45, 2.75) is 9.92 Å². The minimum Gasteiger partial charge on any atom is -0.261 e. The Labute approximate surface area is 176 Å². The predicted molar refractivity (Wildman–Crippen MR) is 111 cm³/mol. The minimum absolute atomic E-state index is 0.143. The molecule has 0 aliphatic heterocycles. The molecule has 152 valence electrons. The minimum atomic E-state index is -3.78. The number of sulfone groups is 1. The lowest BCUT2D eigenvalue weighted by molar-refractivity contribution is 0.590. The number of hydrogen-bond acceptors (Lipinski definition) is 6. The van der Waals surface area contributed by atoms with Crippen LogP contribution in [-0.4, -0.2) is 33.2 Å². The third-order valence-electron chi connectivity index (χ3n) is 4.78. The van der Waals surface area contributed by atoms with Gasteiger partial charge in [-0.25, -0.2) is 17.3 Å². The van der Waals surface area contributed by atoms with E-state index in [9.17, 15) is 12.8 Å². The van der Waals surface area contributed by atoms with Crippen molar-refractivity contribution < 1.29 is 12.8 Å². The standard InChI is InChI=1S/C22H14FN5O2S/c23-16-8-6-15(7-9-16)22-21(19-14-24-12-13-28(19)27-22)18-10-11-20(26-25-18)31(29,30)17-4-2-1-3-5-17/h1-14H. The van der Waals surface area contributed by atoms with Gasteiger partial charge in [0, 0.05) is 18.0 Å². The molecular weight excluding hydrogens is 417 g/mol. The van der Waals surface area contributed by atoms with Gasteiger partial charge in [-0.2, -0.15) is 5.10 Å². The number of fused-ring (bicyclic) bond motifs is 1. The largest absolute Gasteiger partial charge is 0.261 e. The molecule has 5 aromatic rings. The summed E-state index contributed by atoms with van der Waals surface area (Å²) in [5.41, 5.74) is 2.95. The summed E-state index contributed by atoms with van der Waals surface area (Å²) in [5, 5.41) is 12.6. The van der Waals surface area contributed by atoms with Crippen molar-refractivity contribution in [2.75, 3.05) is 0 Å². The van der Waals surface area contributed by atoms with Crippen molar-refractivity contribution in [3.8, 4) is 22.5 Å². The summed E-state index contributed by atoms with van der Waals surface area (Å²) in [6.45, 7) is 0. The first-order valence-corrected chi connectivity index (χ1v) is 10.7. The fraction of sp³-hybridized carbons (Fsp3) is 0. The summed E-state index contributed by atoms with van der Waals surface area (Å²) in [5.74, 6) is -0.356. The molecular formula is C22H14FN5O2S. The molecule has 0 spiro atoms. The van der Waals surface area contributed by atoms with E-state index in [0.29, 0.717) is 28.0 Å². The molecule has 0 aliphatic rings. The first-order valence-electron chi connectivity index (χ1n) is 9.26. The Balaban J connectivity index is 1.65. The maximum absolute atomic E-state index is 13.4. The maximum atomic E-state index is 13.4. The van der Waals surface area contributed by atoms with Crippen molar-refractivity contribution in [1.82, 2.24) is 24.8 Å². The number of halogens is 1. The molecule has 0 radical (unpaired) electrons. The Morgan fingerprint density at radius 3 is 2.35 bits per heavy atom. The zero-order valence-electron chi connectivity index (χ0n) is 15.9. The van der Waals surface area contributed by atoms with E-state index < -0.39 is 9.84 Å². The van der Waals surface area contributed by atoms with Crippen molar-refractivity contribution >= 4 is 15.4 Å². The van der Waals surface area contributed by atoms with Gasteiger partial charge in [-0.1, -0.05) is 18.2 Å². The highest BCUT2D eigenvalue weighted by Gasteiger charge is 2.22. The summed E-state index contributed by atoms with van der Waals surface area (Å²) in [4.78, 5) is 4.29. The summed E-state index contributed by atoms with van der Waals surface area (Å²) in [6.07, 6.45) is 4.92. The zero-order chi connectivity index (χ0) is 21.4. The summed E-state index contributed by atoms with van der Waals surface area (Å²) in [6, 6.07) is 17.0. The molecule has 0 unspecified atom stereocenters. The highest BCUT2D eigenvalue weighted by atomic mass is 32.2. The van der Waals surface area contributed by atoms with Crippen LogP contribution in [0.2, 0.25) is 0 Å². The van der Waals surface area contributed by atoms with E-state index in [0.717, 1.165) is 0 Å². The van der Waals surface area contributed by atoms with Gasteiger partial charge in [0.25, 0.3) is 0 Å². The van der Waals surface area contributed by atoms with Gasteiger partial charge in [-0.05, 0) is 48.5 Å². The number of nitrogens with zero attached hydrogens (tertiary/aromatic N) is 5. The molecule has 9 heteroatoms. The quantitative estimate of drug-likeness (QED) is 0.430. The molecule has 3 heterocycles. The van der Waals surface area contributed by atoms with Crippen LogP contribution in [0.25, 0.3) is 28.0 Å². The smallest absolute Gasteiger partial charge is 0.225 e. The monoisotopic (exact) mass is 431 g/mol. The third kappa shape index (κ3) is 3.34. The third-order valence-corrected chi connectivity index (χ3v) is 6.44. The number of aromatic nitrogens is 5. The van der Waals surface area contributed by atoms with Gasteiger partial charge in [0.15, 0.2) is 5.03 Å². The Kier molecular flexibility index (Phi) is 4.52. The maximum Gasteiger partial charge on any atom is 0.225 e. The molecule has 0 amide bonds. The Morgan fingerprint density at radius 2 is 1.65 bits per heavy atom. The van der Waals surface area contributed by atoms with Gasteiger partial charge in [0.2, 0.25) is 9.84 Å². The second kappa shape index (κ2) is 7.37. The fourth-order valence-electron chi connectivity index (χ4n) is 3.28.